The predicted octanol–water partition coefficient (Wildman–Crippen LogP) is 2.21. The van der Waals surface area contributed by atoms with Crippen molar-refractivity contribution in [2.45, 2.75) is 44.2 Å². The highest BCUT2D eigenvalue weighted by Crippen LogP contribution is 2.27. The van der Waals surface area contributed by atoms with Crippen molar-refractivity contribution < 1.29 is 18.6 Å². The maximum atomic E-state index is 11.9. The summed E-state index contributed by atoms with van der Waals surface area (Å²) < 4.78 is 28.4. The van der Waals surface area contributed by atoms with Crippen LogP contribution in [0, 0.1) is 0 Å². The van der Waals surface area contributed by atoms with Crippen molar-refractivity contribution in [2.75, 3.05) is 19.9 Å². The van der Waals surface area contributed by atoms with E-state index in [-0.39, 0.29) is 25.1 Å². The first-order valence-corrected chi connectivity index (χ1v) is 6.00. The molecule has 1 heterocycles. The van der Waals surface area contributed by atoms with Gasteiger partial charge in [0.15, 0.2) is 6.29 Å². The van der Waals surface area contributed by atoms with Crippen LogP contribution in [-0.4, -0.2) is 38.4 Å². The molecule has 1 aliphatic heterocycles. The zero-order valence-corrected chi connectivity index (χ0v) is 9.44. The van der Waals surface area contributed by atoms with Crippen molar-refractivity contribution in [1.29, 1.82) is 0 Å². The number of hydrogen-bond acceptors (Lipinski definition) is 3. The van der Waals surface area contributed by atoms with Crippen LogP contribution >= 0.6 is 0 Å². The highest BCUT2D eigenvalue weighted by molar-refractivity contribution is 4.90. The molecule has 0 aromatic heterocycles. The van der Waals surface area contributed by atoms with Crippen molar-refractivity contribution in [3.8, 4) is 0 Å². The number of rotatable bonds is 4. The molecule has 0 spiro atoms. The Morgan fingerprint density at radius 2 is 1.75 bits per heavy atom. The summed E-state index contributed by atoms with van der Waals surface area (Å²) in [6.07, 6.45) is 8.55. The molecule has 0 aromatic rings. The minimum absolute atomic E-state index is 0.125. The second kappa shape index (κ2) is 6.33. The molecule has 3 atom stereocenters. The number of ether oxygens (including phenoxy) is 3. The summed E-state index contributed by atoms with van der Waals surface area (Å²) in [7, 11) is 0. The largest absolute Gasteiger partial charge is 0.373 e. The molecule has 1 saturated heterocycles. The first-order valence-electron chi connectivity index (χ1n) is 6.00. The Kier molecular flexibility index (Phi) is 4.75. The molecule has 2 rings (SSSR count). The van der Waals surface area contributed by atoms with Gasteiger partial charge in [-0.1, -0.05) is 12.2 Å². The summed E-state index contributed by atoms with van der Waals surface area (Å²) in [5.74, 6) is 0. The zero-order chi connectivity index (χ0) is 11.2. The van der Waals surface area contributed by atoms with Crippen LogP contribution in [0.3, 0.4) is 0 Å². The first-order chi connectivity index (χ1) is 7.90. The molecule has 16 heavy (non-hydrogen) atoms. The zero-order valence-electron chi connectivity index (χ0n) is 9.44. The summed E-state index contributed by atoms with van der Waals surface area (Å²) >= 11 is 0. The van der Waals surface area contributed by atoms with Crippen LogP contribution in [0.25, 0.3) is 0 Å². The van der Waals surface area contributed by atoms with Crippen LogP contribution < -0.4 is 0 Å². The molecule has 1 fully saturated rings. The SMILES string of the molecule is [18F]CCOCC1OC2CC/C=C/CC[C@@H]2O1. The fourth-order valence-corrected chi connectivity index (χ4v) is 2.17. The lowest BCUT2D eigenvalue weighted by atomic mass is 10.0. The van der Waals surface area contributed by atoms with Crippen LogP contribution in [0.1, 0.15) is 25.7 Å². The van der Waals surface area contributed by atoms with Gasteiger partial charge < -0.3 is 14.2 Å². The molecule has 0 bridgehead atoms. The van der Waals surface area contributed by atoms with Crippen molar-refractivity contribution in [1.82, 2.24) is 0 Å². The van der Waals surface area contributed by atoms with Crippen molar-refractivity contribution in [3.05, 3.63) is 12.2 Å². The Labute approximate surface area is 95.6 Å². The number of allylic oxidation sites excluding steroid dienone is 2. The Bertz CT molecular complexity index is 214. The maximum Gasteiger partial charge on any atom is 0.181 e. The third kappa shape index (κ3) is 3.27. The van der Waals surface area contributed by atoms with E-state index in [4.69, 9.17) is 14.2 Å². The number of hydrogen-bond donors (Lipinski definition) is 0. The summed E-state index contributed by atoms with van der Waals surface area (Å²) in [6.45, 7) is 0.00789. The quantitative estimate of drug-likeness (QED) is 0.546. The minimum atomic E-state index is -0.455. The number of halogens is 1. The molecule has 92 valence electrons. The molecular formula is C12H19FO3. The average Bonchev–Trinajstić information content (AvgIpc) is 2.61. The van der Waals surface area contributed by atoms with Crippen LogP contribution in [0.2, 0.25) is 0 Å². The Balaban J connectivity index is 1.76. The topological polar surface area (TPSA) is 27.7 Å². The molecule has 4 heteroatoms. The van der Waals surface area contributed by atoms with Crippen LogP contribution in [0.5, 0.6) is 0 Å². The molecule has 0 radical (unpaired) electrons. The normalized spacial score (nSPS) is 36.4. The van der Waals surface area contributed by atoms with Crippen LogP contribution in [0.4, 0.5) is 4.39 Å². The van der Waals surface area contributed by atoms with E-state index in [9.17, 15) is 4.39 Å². The summed E-state index contributed by atoms with van der Waals surface area (Å²) in [5, 5.41) is 0. The second-order valence-electron chi connectivity index (χ2n) is 4.17. The van der Waals surface area contributed by atoms with E-state index in [1.54, 1.807) is 0 Å². The maximum absolute atomic E-state index is 11.9. The van der Waals surface area contributed by atoms with Gasteiger partial charge in [0.1, 0.15) is 6.67 Å². The van der Waals surface area contributed by atoms with Gasteiger partial charge in [0.05, 0.1) is 25.4 Å². The standard InChI is InChI=1S/C12H19FO3/c13-7-8-14-9-12-15-10-5-3-1-2-4-6-11(10)16-12/h1-2,10-12H,3-9H2/b2-1+/t10-,11?,12?/m0/s1/i13-1. The van der Waals surface area contributed by atoms with Gasteiger partial charge in [0.2, 0.25) is 0 Å². The molecule has 3 nitrogen and oxygen atoms in total. The van der Waals surface area contributed by atoms with Crippen LogP contribution in [-0.2, 0) is 14.2 Å². The van der Waals surface area contributed by atoms with E-state index in [2.05, 4.69) is 12.2 Å². The number of fused-ring (bicyclic) bond motifs is 1. The summed E-state index contributed by atoms with van der Waals surface area (Å²) in [5.41, 5.74) is 0. The third-order valence-electron chi connectivity index (χ3n) is 2.95. The Morgan fingerprint density at radius 3 is 2.31 bits per heavy atom. The highest BCUT2D eigenvalue weighted by Gasteiger charge is 2.35. The molecule has 0 N–H and O–H groups in total. The number of alkyl halides is 1. The second-order valence-corrected chi connectivity index (χ2v) is 4.17. The van der Waals surface area contributed by atoms with E-state index < -0.39 is 6.67 Å². The lowest BCUT2D eigenvalue weighted by molar-refractivity contribution is -0.113. The third-order valence-corrected chi connectivity index (χ3v) is 2.95. The van der Waals surface area contributed by atoms with E-state index in [1.807, 2.05) is 0 Å². The lowest BCUT2D eigenvalue weighted by Crippen LogP contribution is -2.22. The van der Waals surface area contributed by atoms with Gasteiger partial charge in [-0.25, -0.2) is 4.39 Å². The summed E-state index contributed by atoms with van der Waals surface area (Å²) in [4.78, 5) is 0. The fourth-order valence-electron chi connectivity index (χ4n) is 2.17. The molecule has 0 saturated carbocycles. The predicted molar refractivity (Wildman–Crippen MR) is 57.9 cm³/mol. The van der Waals surface area contributed by atoms with Crippen molar-refractivity contribution in [3.63, 3.8) is 0 Å². The van der Waals surface area contributed by atoms with Gasteiger partial charge in [-0.3, -0.25) is 0 Å². The smallest absolute Gasteiger partial charge is 0.181 e. The van der Waals surface area contributed by atoms with Gasteiger partial charge >= 0.3 is 0 Å². The van der Waals surface area contributed by atoms with E-state index >= 15 is 0 Å². The molecule has 0 aromatic carbocycles. The van der Waals surface area contributed by atoms with Gasteiger partial charge in [0, 0.05) is 0 Å². The fraction of sp³-hybridized carbons (Fsp3) is 0.833. The molecule has 0 amide bonds. The minimum Gasteiger partial charge on any atom is -0.373 e. The molecule has 2 aliphatic rings. The Hall–Kier alpha value is -0.450. The van der Waals surface area contributed by atoms with E-state index in [0.717, 1.165) is 25.7 Å². The average molecular weight is 229 g/mol. The van der Waals surface area contributed by atoms with Gasteiger partial charge in [-0.2, -0.15) is 0 Å². The molecule has 2 unspecified atom stereocenters. The van der Waals surface area contributed by atoms with Crippen molar-refractivity contribution in [2.24, 2.45) is 0 Å². The van der Waals surface area contributed by atoms with E-state index in [1.165, 1.54) is 0 Å². The molecule has 1 aliphatic carbocycles. The van der Waals surface area contributed by atoms with Gasteiger partial charge in [-0.05, 0) is 25.7 Å². The summed E-state index contributed by atoms with van der Waals surface area (Å²) in [6, 6.07) is 0. The monoisotopic (exact) mass is 229 g/mol. The van der Waals surface area contributed by atoms with Gasteiger partial charge in [-0.15, -0.1) is 0 Å². The first kappa shape index (κ1) is 12.0. The highest BCUT2D eigenvalue weighted by atomic mass is 18.2. The van der Waals surface area contributed by atoms with Crippen LogP contribution in [0.15, 0.2) is 12.2 Å². The van der Waals surface area contributed by atoms with Crippen molar-refractivity contribution >= 4 is 0 Å². The van der Waals surface area contributed by atoms with Gasteiger partial charge in [0.25, 0.3) is 0 Å². The lowest BCUT2D eigenvalue weighted by Gasteiger charge is -2.16. The Morgan fingerprint density at radius 1 is 1.12 bits per heavy atom. The molecular weight excluding hydrogens is 210 g/mol. The van der Waals surface area contributed by atoms with E-state index in [0.29, 0.717) is 6.61 Å².